The van der Waals surface area contributed by atoms with Gasteiger partial charge in [0.15, 0.2) is 0 Å². The van der Waals surface area contributed by atoms with Gasteiger partial charge in [0.2, 0.25) is 5.91 Å². The standard InChI is InChI=1S/C22H22N2O4/c1-2-13-22(14-17-9-5-3-6-10-17)15-23(21(27)28)16-24(20(22)26)19(25)18-11-7-4-8-12-18/h2-12H,1,13-16H2,(H,27,28)/t22-/m0/s1. The van der Waals surface area contributed by atoms with Gasteiger partial charge in [-0.15, -0.1) is 6.58 Å². The predicted molar refractivity (Wildman–Crippen MR) is 105 cm³/mol. The van der Waals surface area contributed by atoms with Crippen molar-refractivity contribution < 1.29 is 19.5 Å². The first-order chi connectivity index (χ1) is 13.5. The maximum absolute atomic E-state index is 13.5. The minimum atomic E-state index is -1.17. The largest absolute Gasteiger partial charge is 0.465 e. The lowest BCUT2D eigenvalue weighted by atomic mass is 9.75. The van der Waals surface area contributed by atoms with Crippen LogP contribution in [0.15, 0.2) is 73.3 Å². The van der Waals surface area contributed by atoms with E-state index in [-0.39, 0.29) is 25.5 Å². The van der Waals surface area contributed by atoms with Crippen molar-refractivity contribution in [3.63, 3.8) is 0 Å². The Bertz CT molecular complexity index is 882. The molecule has 0 bridgehead atoms. The Kier molecular flexibility index (Phi) is 5.59. The lowest BCUT2D eigenvalue weighted by Gasteiger charge is -2.45. The second kappa shape index (κ2) is 8.08. The Morgan fingerprint density at radius 3 is 2.25 bits per heavy atom. The highest BCUT2D eigenvalue weighted by Gasteiger charge is 2.49. The Morgan fingerprint density at radius 2 is 1.68 bits per heavy atom. The summed E-state index contributed by atoms with van der Waals surface area (Å²) in [4.78, 5) is 40.4. The molecular weight excluding hydrogens is 356 g/mol. The van der Waals surface area contributed by atoms with Gasteiger partial charge in [0.05, 0.1) is 5.41 Å². The highest BCUT2D eigenvalue weighted by molar-refractivity contribution is 6.07. The van der Waals surface area contributed by atoms with Crippen molar-refractivity contribution >= 4 is 17.9 Å². The molecule has 1 atom stereocenters. The summed E-state index contributed by atoms with van der Waals surface area (Å²) in [6.45, 7) is 3.48. The molecule has 3 amide bonds. The SMILES string of the molecule is C=CC[C@]1(Cc2ccccc2)CN(C(=O)O)CN(C(=O)c2ccccc2)C1=O. The number of amides is 3. The van der Waals surface area contributed by atoms with Crippen molar-refractivity contribution in [1.82, 2.24) is 9.80 Å². The highest BCUT2D eigenvalue weighted by Crippen LogP contribution is 2.35. The van der Waals surface area contributed by atoms with Gasteiger partial charge in [-0.3, -0.25) is 19.4 Å². The van der Waals surface area contributed by atoms with E-state index in [0.29, 0.717) is 12.0 Å². The second-order valence-corrected chi connectivity index (χ2v) is 6.96. The summed E-state index contributed by atoms with van der Waals surface area (Å²) in [7, 11) is 0. The lowest BCUT2D eigenvalue weighted by Crippen LogP contribution is -2.62. The number of rotatable bonds is 5. The van der Waals surface area contributed by atoms with E-state index in [1.807, 2.05) is 30.3 Å². The van der Waals surface area contributed by atoms with Gasteiger partial charge in [0.25, 0.3) is 5.91 Å². The molecule has 0 aromatic heterocycles. The minimum Gasteiger partial charge on any atom is -0.465 e. The quantitative estimate of drug-likeness (QED) is 0.639. The van der Waals surface area contributed by atoms with Crippen molar-refractivity contribution in [2.24, 2.45) is 5.41 Å². The van der Waals surface area contributed by atoms with Crippen LogP contribution in [0.5, 0.6) is 0 Å². The number of carbonyl (C=O) groups excluding carboxylic acids is 2. The van der Waals surface area contributed by atoms with Crippen molar-refractivity contribution in [3.05, 3.63) is 84.4 Å². The molecule has 6 heteroatoms. The first kappa shape index (κ1) is 19.4. The molecule has 0 unspecified atom stereocenters. The smallest absolute Gasteiger partial charge is 0.408 e. The van der Waals surface area contributed by atoms with Gasteiger partial charge < -0.3 is 5.11 Å². The average Bonchev–Trinajstić information content (AvgIpc) is 2.71. The van der Waals surface area contributed by atoms with Gasteiger partial charge in [0, 0.05) is 12.1 Å². The predicted octanol–water partition coefficient (Wildman–Crippen LogP) is 3.41. The molecule has 1 heterocycles. The van der Waals surface area contributed by atoms with E-state index in [2.05, 4.69) is 6.58 Å². The van der Waals surface area contributed by atoms with Crippen LogP contribution in [-0.4, -0.2) is 46.0 Å². The lowest BCUT2D eigenvalue weighted by molar-refractivity contribution is -0.147. The van der Waals surface area contributed by atoms with E-state index in [1.54, 1.807) is 36.4 Å². The van der Waals surface area contributed by atoms with Gasteiger partial charge in [-0.2, -0.15) is 0 Å². The highest BCUT2D eigenvalue weighted by atomic mass is 16.4. The van der Waals surface area contributed by atoms with Crippen molar-refractivity contribution in [3.8, 4) is 0 Å². The number of allylic oxidation sites excluding steroid dienone is 1. The molecule has 0 saturated carbocycles. The average molecular weight is 378 g/mol. The molecule has 6 nitrogen and oxygen atoms in total. The maximum atomic E-state index is 13.5. The molecular formula is C22H22N2O4. The Balaban J connectivity index is 2.01. The molecule has 1 aliphatic rings. The second-order valence-electron chi connectivity index (χ2n) is 6.96. The summed E-state index contributed by atoms with van der Waals surface area (Å²) in [6, 6.07) is 17.8. The van der Waals surface area contributed by atoms with Crippen molar-refractivity contribution in [2.45, 2.75) is 12.8 Å². The number of carboxylic acid groups (broad SMARTS) is 1. The third-order valence-corrected chi connectivity index (χ3v) is 4.96. The van der Waals surface area contributed by atoms with Gasteiger partial charge in [-0.05, 0) is 30.5 Å². The molecule has 28 heavy (non-hydrogen) atoms. The summed E-state index contributed by atoms with van der Waals surface area (Å²) in [5, 5.41) is 9.61. The molecule has 1 fully saturated rings. The van der Waals surface area contributed by atoms with Crippen LogP contribution in [0.2, 0.25) is 0 Å². The third kappa shape index (κ3) is 3.81. The number of imide groups is 1. The first-order valence-corrected chi connectivity index (χ1v) is 9.01. The first-order valence-electron chi connectivity index (χ1n) is 9.01. The summed E-state index contributed by atoms with van der Waals surface area (Å²) < 4.78 is 0. The van der Waals surface area contributed by atoms with E-state index >= 15 is 0 Å². The summed E-state index contributed by atoms with van der Waals surface area (Å²) in [6.07, 6.45) is 1.03. The fraction of sp³-hybridized carbons (Fsp3) is 0.227. The number of hydrogen-bond acceptors (Lipinski definition) is 3. The normalized spacial score (nSPS) is 19.4. The van der Waals surface area contributed by atoms with E-state index in [4.69, 9.17) is 0 Å². The van der Waals surface area contributed by atoms with Crippen LogP contribution in [0.25, 0.3) is 0 Å². The fourth-order valence-corrected chi connectivity index (χ4v) is 3.64. The zero-order valence-electron chi connectivity index (χ0n) is 15.5. The molecule has 0 aliphatic carbocycles. The van der Waals surface area contributed by atoms with Crippen LogP contribution in [0.4, 0.5) is 4.79 Å². The number of carbonyl (C=O) groups is 3. The van der Waals surface area contributed by atoms with Crippen LogP contribution >= 0.6 is 0 Å². The van der Waals surface area contributed by atoms with Gasteiger partial charge in [-0.1, -0.05) is 54.6 Å². The summed E-state index contributed by atoms with van der Waals surface area (Å²) in [5.74, 6) is -0.874. The Morgan fingerprint density at radius 1 is 1.07 bits per heavy atom. The molecule has 1 aliphatic heterocycles. The van der Waals surface area contributed by atoms with E-state index in [9.17, 15) is 19.5 Å². The van der Waals surface area contributed by atoms with Crippen LogP contribution in [0.1, 0.15) is 22.3 Å². The third-order valence-electron chi connectivity index (χ3n) is 4.96. The van der Waals surface area contributed by atoms with E-state index < -0.39 is 17.4 Å². The van der Waals surface area contributed by atoms with Crippen LogP contribution in [0.3, 0.4) is 0 Å². The molecule has 3 rings (SSSR count). The summed E-state index contributed by atoms with van der Waals surface area (Å²) >= 11 is 0. The topological polar surface area (TPSA) is 77.9 Å². The molecule has 2 aromatic carbocycles. The molecule has 0 radical (unpaired) electrons. The zero-order valence-corrected chi connectivity index (χ0v) is 15.5. The minimum absolute atomic E-state index is 0.0145. The van der Waals surface area contributed by atoms with Crippen molar-refractivity contribution in [2.75, 3.05) is 13.2 Å². The van der Waals surface area contributed by atoms with Crippen LogP contribution in [-0.2, 0) is 11.2 Å². The molecule has 1 saturated heterocycles. The Hall–Kier alpha value is -3.41. The van der Waals surface area contributed by atoms with Gasteiger partial charge in [-0.25, -0.2) is 4.79 Å². The zero-order chi connectivity index (χ0) is 20.1. The molecule has 2 aromatic rings. The maximum Gasteiger partial charge on any atom is 0.408 e. The number of hydrogen-bond donors (Lipinski definition) is 1. The number of benzene rings is 2. The molecule has 1 N–H and O–H groups in total. The van der Waals surface area contributed by atoms with Gasteiger partial charge >= 0.3 is 6.09 Å². The van der Waals surface area contributed by atoms with Crippen LogP contribution in [0, 0.1) is 5.41 Å². The van der Waals surface area contributed by atoms with Crippen molar-refractivity contribution in [1.29, 1.82) is 0 Å². The molecule has 144 valence electrons. The fourth-order valence-electron chi connectivity index (χ4n) is 3.64. The van der Waals surface area contributed by atoms with E-state index in [0.717, 1.165) is 15.4 Å². The van der Waals surface area contributed by atoms with Crippen LogP contribution < -0.4 is 0 Å². The number of nitrogens with zero attached hydrogens (tertiary/aromatic N) is 2. The molecule has 0 spiro atoms. The van der Waals surface area contributed by atoms with E-state index in [1.165, 1.54) is 0 Å². The monoisotopic (exact) mass is 378 g/mol. The summed E-state index contributed by atoms with van der Waals surface area (Å²) in [5.41, 5.74) is 0.164. The Labute approximate surface area is 163 Å². The van der Waals surface area contributed by atoms with Gasteiger partial charge in [0.1, 0.15) is 6.67 Å².